The fourth-order valence-electron chi connectivity index (χ4n) is 2.77. The van der Waals surface area contributed by atoms with Crippen LogP contribution in [0.5, 0.6) is 0 Å². The van der Waals surface area contributed by atoms with E-state index in [0.29, 0.717) is 12.8 Å². The Morgan fingerprint density at radius 2 is 2.30 bits per heavy atom. The Bertz CT molecular complexity index is 551. The number of aryl methyl sites for hydroxylation is 1. The molecule has 1 saturated heterocycles. The van der Waals surface area contributed by atoms with Crippen LogP contribution in [0.15, 0.2) is 47.2 Å². The van der Waals surface area contributed by atoms with Gasteiger partial charge in [0.1, 0.15) is 5.76 Å². The lowest BCUT2D eigenvalue weighted by atomic mass is 10.1. The topological polar surface area (TPSA) is 46.3 Å². The van der Waals surface area contributed by atoms with Gasteiger partial charge in [-0.2, -0.15) is 0 Å². The number of hydrogen-bond acceptors (Lipinski definition) is 3. The molecule has 0 aromatic carbocycles. The van der Waals surface area contributed by atoms with Crippen molar-refractivity contribution in [2.24, 2.45) is 0 Å². The van der Waals surface area contributed by atoms with Crippen molar-refractivity contribution in [1.29, 1.82) is 0 Å². The largest absolute Gasteiger partial charge is 0.469 e. The molecule has 1 aliphatic rings. The van der Waals surface area contributed by atoms with Gasteiger partial charge >= 0.3 is 0 Å². The van der Waals surface area contributed by atoms with Crippen molar-refractivity contribution in [3.8, 4) is 0 Å². The highest BCUT2D eigenvalue weighted by Gasteiger charge is 2.30. The quantitative estimate of drug-likeness (QED) is 0.858. The van der Waals surface area contributed by atoms with Crippen LogP contribution in [0.2, 0.25) is 0 Å². The number of furan rings is 1. The van der Waals surface area contributed by atoms with Crippen LogP contribution >= 0.6 is 0 Å². The van der Waals surface area contributed by atoms with Gasteiger partial charge in [0.2, 0.25) is 5.91 Å². The predicted molar refractivity (Wildman–Crippen MR) is 75.0 cm³/mol. The molecule has 1 atom stereocenters. The van der Waals surface area contributed by atoms with Gasteiger partial charge in [0, 0.05) is 25.6 Å². The molecule has 4 nitrogen and oxygen atoms in total. The molecule has 0 spiro atoms. The number of aromatic nitrogens is 1. The van der Waals surface area contributed by atoms with Crippen LogP contribution in [0.4, 0.5) is 0 Å². The average molecular weight is 270 g/mol. The number of hydrogen-bond donors (Lipinski definition) is 0. The normalized spacial score (nSPS) is 18.4. The van der Waals surface area contributed by atoms with E-state index in [1.807, 2.05) is 35.2 Å². The third-order valence-electron chi connectivity index (χ3n) is 3.77. The highest BCUT2D eigenvalue weighted by molar-refractivity contribution is 5.77. The van der Waals surface area contributed by atoms with Gasteiger partial charge in [0.25, 0.3) is 0 Å². The van der Waals surface area contributed by atoms with E-state index in [4.69, 9.17) is 4.42 Å². The van der Waals surface area contributed by atoms with E-state index in [2.05, 4.69) is 4.98 Å². The Labute approximate surface area is 118 Å². The summed E-state index contributed by atoms with van der Waals surface area (Å²) in [6, 6.07) is 9.79. The fourth-order valence-corrected chi connectivity index (χ4v) is 2.77. The number of pyridine rings is 1. The Morgan fingerprint density at radius 3 is 3.05 bits per heavy atom. The van der Waals surface area contributed by atoms with Crippen LogP contribution in [0.25, 0.3) is 0 Å². The van der Waals surface area contributed by atoms with Gasteiger partial charge in [-0.05, 0) is 37.1 Å². The Morgan fingerprint density at radius 1 is 1.35 bits per heavy atom. The number of carbonyl (C=O) groups excluding carboxylic acids is 1. The summed E-state index contributed by atoms with van der Waals surface area (Å²) in [7, 11) is 0. The maximum absolute atomic E-state index is 12.4. The molecule has 1 unspecified atom stereocenters. The Hall–Kier alpha value is -2.10. The zero-order valence-corrected chi connectivity index (χ0v) is 11.4. The molecule has 1 fully saturated rings. The van der Waals surface area contributed by atoms with E-state index in [9.17, 15) is 4.79 Å². The molecule has 4 heteroatoms. The van der Waals surface area contributed by atoms with E-state index in [1.54, 1.807) is 12.5 Å². The second-order valence-electron chi connectivity index (χ2n) is 5.08. The van der Waals surface area contributed by atoms with E-state index >= 15 is 0 Å². The van der Waals surface area contributed by atoms with Crippen LogP contribution in [-0.4, -0.2) is 22.3 Å². The van der Waals surface area contributed by atoms with Gasteiger partial charge < -0.3 is 9.32 Å². The monoisotopic (exact) mass is 270 g/mol. The van der Waals surface area contributed by atoms with E-state index < -0.39 is 0 Å². The third-order valence-corrected chi connectivity index (χ3v) is 3.77. The predicted octanol–water partition coefficient (Wildman–Crippen LogP) is 2.97. The molecule has 3 heterocycles. The van der Waals surface area contributed by atoms with Crippen molar-refractivity contribution in [2.45, 2.75) is 31.7 Å². The van der Waals surface area contributed by atoms with Crippen molar-refractivity contribution in [2.75, 3.05) is 6.54 Å². The first kappa shape index (κ1) is 12.9. The number of rotatable bonds is 4. The van der Waals surface area contributed by atoms with Gasteiger partial charge in [-0.1, -0.05) is 6.07 Å². The molecular weight excluding hydrogens is 252 g/mol. The Balaban J connectivity index is 1.64. The van der Waals surface area contributed by atoms with E-state index in [1.165, 1.54) is 0 Å². The maximum Gasteiger partial charge on any atom is 0.223 e. The number of likely N-dealkylation sites (tertiary alicyclic amines) is 1. The maximum atomic E-state index is 12.4. The third kappa shape index (κ3) is 2.74. The van der Waals surface area contributed by atoms with E-state index in [-0.39, 0.29) is 11.9 Å². The van der Waals surface area contributed by atoms with Gasteiger partial charge in [-0.25, -0.2) is 0 Å². The van der Waals surface area contributed by atoms with Crippen LogP contribution in [0.3, 0.4) is 0 Å². The van der Waals surface area contributed by atoms with Crippen molar-refractivity contribution in [3.63, 3.8) is 0 Å². The zero-order valence-electron chi connectivity index (χ0n) is 11.4. The molecular formula is C16H18N2O2. The summed E-state index contributed by atoms with van der Waals surface area (Å²) in [5.41, 5.74) is 0.997. The van der Waals surface area contributed by atoms with Crippen molar-refractivity contribution in [3.05, 3.63) is 54.2 Å². The first-order valence-electron chi connectivity index (χ1n) is 7.07. The minimum Gasteiger partial charge on any atom is -0.469 e. The molecule has 0 saturated carbocycles. The minimum absolute atomic E-state index is 0.139. The molecule has 3 rings (SSSR count). The lowest BCUT2D eigenvalue weighted by Crippen LogP contribution is -2.31. The summed E-state index contributed by atoms with van der Waals surface area (Å²) in [5, 5.41) is 0. The molecule has 1 amide bonds. The van der Waals surface area contributed by atoms with Crippen molar-refractivity contribution >= 4 is 5.91 Å². The second kappa shape index (κ2) is 5.90. The van der Waals surface area contributed by atoms with Crippen LogP contribution < -0.4 is 0 Å². The van der Waals surface area contributed by atoms with Gasteiger partial charge in [0.05, 0.1) is 18.0 Å². The molecule has 2 aromatic rings. The summed E-state index contributed by atoms with van der Waals surface area (Å²) >= 11 is 0. The van der Waals surface area contributed by atoms with Gasteiger partial charge in [0.15, 0.2) is 0 Å². The first-order chi connectivity index (χ1) is 9.84. The lowest BCUT2D eigenvalue weighted by molar-refractivity contribution is -0.132. The molecule has 0 radical (unpaired) electrons. The van der Waals surface area contributed by atoms with Crippen molar-refractivity contribution in [1.82, 2.24) is 9.88 Å². The summed E-state index contributed by atoms with van der Waals surface area (Å²) < 4.78 is 5.27. The van der Waals surface area contributed by atoms with E-state index in [0.717, 1.165) is 30.8 Å². The summed E-state index contributed by atoms with van der Waals surface area (Å²) in [4.78, 5) is 18.7. The average Bonchev–Trinajstić information content (AvgIpc) is 3.17. The highest BCUT2D eigenvalue weighted by Crippen LogP contribution is 2.31. The molecule has 2 aromatic heterocycles. The highest BCUT2D eigenvalue weighted by atomic mass is 16.3. The lowest BCUT2D eigenvalue weighted by Gasteiger charge is -2.24. The molecule has 1 aliphatic heterocycles. The summed E-state index contributed by atoms with van der Waals surface area (Å²) in [5.74, 6) is 1.06. The van der Waals surface area contributed by atoms with Crippen LogP contribution in [-0.2, 0) is 11.2 Å². The van der Waals surface area contributed by atoms with Gasteiger partial charge in [-0.3, -0.25) is 9.78 Å². The fraction of sp³-hybridized carbons (Fsp3) is 0.375. The summed E-state index contributed by atoms with van der Waals surface area (Å²) in [6.07, 6.45) is 6.65. The molecule has 0 bridgehead atoms. The first-order valence-corrected chi connectivity index (χ1v) is 7.07. The second-order valence-corrected chi connectivity index (χ2v) is 5.08. The number of amides is 1. The Kier molecular flexibility index (Phi) is 3.81. The van der Waals surface area contributed by atoms with Crippen molar-refractivity contribution < 1.29 is 9.21 Å². The molecule has 0 N–H and O–H groups in total. The standard InChI is InChI=1S/C16H18N2O2/c19-16(9-8-13-5-4-12-20-13)18-11-3-7-15(18)14-6-1-2-10-17-14/h1-2,4-6,10,12,15H,3,7-9,11H2. The van der Waals surface area contributed by atoms with Crippen LogP contribution in [0, 0.1) is 0 Å². The van der Waals surface area contributed by atoms with Crippen LogP contribution in [0.1, 0.15) is 36.8 Å². The zero-order chi connectivity index (χ0) is 13.8. The molecule has 20 heavy (non-hydrogen) atoms. The number of nitrogens with zero attached hydrogens (tertiary/aromatic N) is 2. The molecule has 104 valence electrons. The SMILES string of the molecule is O=C(CCc1ccco1)N1CCCC1c1ccccn1. The molecule has 0 aliphatic carbocycles. The minimum atomic E-state index is 0.139. The smallest absolute Gasteiger partial charge is 0.223 e. The number of carbonyl (C=O) groups is 1. The summed E-state index contributed by atoms with van der Waals surface area (Å²) in [6.45, 7) is 0.832. The van der Waals surface area contributed by atoms with Gasteiger partial charge in [-0.15, -0.1) is 0 Å².